The quantitative estimate of drug-likeness (QED) is 0.844. The molecule has 1 aromatic carbocycles. The van der Waals surface area contributed by atoms with Crippen molar-refractivity contribution in [2.45, 2.75) is 18.8 Å². The van der Waals surface area contributed by atoms with E-state index < -0.39 is 0 Å². The lowest BCUT2D eigenvalue weighted by Crippen LogP contribution is -2.23. The standard InChI is InChI=1S/C14H22N2O/c1-17-14-6-3-2-5-13(14)12-7-10-16(11-12)9-4-8-15/h2-3,5-6,12H,4,7-11,15H2,1H3. The Bertz CT molecular complexity index is 354. The number of benzene rings is 1. The number of hydrogen-bond donors (Lipinski definition) is 1. The van der Waals surface area contributed by atoms with E-state index in [2.05, 4.69) is 23.1 Å². The first-order chi connectivity index (χ1) is 8.35. The Labute approximate surface area is 104 Å². The van der Waals surface area contributed by atoms with Gasteiger partial charge in [0.1, 0.15) is 5.75 Å². The minimum Gasteiger partial charge on any atom is -0.496 e. The molecular weight excluding hydrogens is 212 g/mol. The molecule has 17 heavy (non-hydrogen) atoms. The third kappa shape index (κ3) is 2.99. The molecule has 1 saturated heterocycles. The minimum absolute atomic E-state index is 0.615. The summed E-state index contributed by atoms with van der Waals surface area (Å²) in [6.07, 6.45) is 2.32. The zero-order valence-corrected chi connectivity index (χ0v) is 10.6. The lowest BCUT2D eigenvalue weighted by molar-refractivity contribution is 0.330. The molecule has 2 rings (SSSR count). The van der Waals surface area contributed by atoms with Crippen LogP contribution in [0.3, 0.4) is 0 Å². The van der Waals surface area contributed by atoms with Gasteiger partial charge < -0.3 is 15.4 Å². The van der Waals surface area contributed by atoms with E-state index in [-0.39, 0.29) is 0 Å². The van der Waals surface area contributed by atoms with Crippen molar-refractivity contribution in [1.29, 1.82) is 0 Å². The van der Waals surface area contributed by atoms with Crippen LogP contribution in [0.5, 0.6) is 5.75 Å². The number of ether oxygens (including phenoxy) is 1. The Morgan fingerprint density at radius 3 is 3.00 bits per heavy atom. The highest BCUT2D eigenvalue weighted by Gasteiger charge is 2.25. The van der Waals surface area contributed by atoms with Crippen LogP contribution in [0.1, 0.15) is 24.3 Å². The summed E-state index contributed by atoms with van der Waals surface area (Å²) in [7, 11) is 1.75. The molecule has 1 aliphatic heterocycles. The third-order valence-electron chi connectivity index (χ3n) is 3.53. The van der Waals surface area contributed by atoms with E-state index in [0.717, 1.165) is 31.8 Å². The molecule has 94 valence electrons. The largest absolute Gasteiger partial charge is 0.496 e. The van der Waals surface area contributed by atoms with Crippen LogP contribution in [0.25, 0.3) is 0 Å². The Hall–Kier alpha value is -1.06. The number of rotatable bonds is 5. The molecule has 1 aromatic rings. The van der Waals surface area contributed by atoms with Crippen LogP contribution in [0.2, 0.25) is 0 Å². The van der Waals surface area contributed by atoms with E-state index in [4.69, 9.17) is 10.5 Å². The molecule has 2 N–H and O–H groups in total. The van der Waals surface area contributed by atoms with Gasteiger partial charge in [0, 0.05) is 12.5 Å². The second-order valence-electron chi connectivity index (χ2n) is 4.67. The van der Waals surface area contributed by atoms with Gasteiger partial charge in [-0.25, -0.2) is 0 Å². The number of likely N-dealkylation sites (tertiary alicyclic amines) is 1. The number of para-hydroxylation sites is 1. The minimum atomic E-state index is 0.615. The third-order valence-corrected chi connectivity index (χ3v) is 3.53. The Kier molecular flexibility index (Phi) is 4.40. The van der Waals surface area contributed by atoms with E-state index in [1.807, 2.05) is 6.07 Å². The van der Waals surface area contributed by atoms with Crippen LogP contribution in [0.4, 0.5) is 0 Å². The second-order valence-corrected chi connectivity index (χ2v) is 4.67. The van der Waals surface area contributed by atoms with Gasteiger partial charge in [-0.3, -0.25) is 0 Å². The highest BCUT2D eigenvalue weighted by Crippen LogP contribution is 2.33. The van der Waals surface area contributed by atoms with Crippen molar-refractivity contribution in [1.82, 2.24) is 4.90 Å². The van der Waals surface area contributed by atoms with Gasteiger partial charge in [0.15, 0.2) is 0 Å². The molecule has 3 nitrogen and oxygen atoms in total. The summed E-state index contributed by atoms with van der Waals surface area (Å²) >= 11 is 0. The first-order valence-electron chi connectivity index (χ1n) is 6.40. The molecule has 1 aliphatic rings. The van der Waals surface area contributed by atoms with E-state index in [1.54, 1.807) is 7.11 Å². The maximum Gasteiger partial charge on any atom is 0.122 e. The number of nitrogens with two attached hydrogens (primary N) is 1. The molecule has 0 spiro atoms. The van der Waals surface area contributed by atoms with Gasteiger partial charge in [-0.2, -0.15) is 0 Å². The highest BCUT2D eigenvalue weighted by molar-refractivity contribution is 5.36. The molecular formula is C14H22N2O. The summed E-state index contributed by atoms with van der Waals surface area (Å²) in [6.45, 7) is 4.24. The summed E-state index contributed by atoms with van der Waals surface area (Å²) in [4.78, 5) is 2.50. The summed E-state index contributed by atoms with van der Waals surface area (Å²) in [5.41, 5.74) is 6.90. The van der Waals surface area contributed by atoms with Crippen molar-refractivity contribution in [2.75, 3.05) is 33.3 Å². The molecule has 1 heterocycles. The van der Waals surface area contributed by atoms with Gasteiger partial charge in [-0.1, -0.05) is 18.2 Å². The topological polar surface area (TPSA) is 38.5 Å². The lowest BCUT2D eigenvalue weighted by atomic mass is 9.97. The van der Waals surface area contributed by atoms with Crippen molar-refractivity contribution >= 4 is 0 Å². The van der Waals surface area contributed by atoms with E-state index in [0.29, 0.717) is 5.92 Å². The van der Waals surface area contributed by atoms with Crippen LogP contribution >= 0.6 is 0 Å². The first-order valence-corrected chi connectivity index (χ1v) is 6.40. The highest BCUT2D eigenvalue weighted by atomic mass is 16.5. The van der Waals surface area contributed by atoms with Crippen molar-refractivity contribution in [3.05, 3.63) is 29.8 Å². The SMILES string of the molecule is COc1ccccc1C1CCN(CCCN)C1. The van der Waals surface area contributed by atoms with E-state index >= 15 is 0 Å². The molecule has 1 atom stereocenters. The van der Waals surface area contributed by atoms with Crippen molar-refractivity contribution < 1.29 is 4.74 Å². The summed E-state index contributed by atoms with van der Waals surface area (Å²) in [5.74, 6) is 1.64. The molecule has 0 bridgehead atoms. The summed E-state index contributed by atoms with van der Waals surface area (Å²) < 4.78 is 5.44. The molecule has 0 aromatic heterocycles. The lowest BCUT2D eigenvalue weighted by Gasteiger charge is -2.17. The van der Waals surface area contributed by atoms with Gasteiger partial charge in [-0.15, -0.1) is 0 Å². The van der Waals surface area contributed by atoms with Crippen molar-refractivity contribution in [3.8, 4) is 5.75 Å². The van der Waals surface area contributed by atoms with Gasteiger partial charge in [0.2, 0.25) is 0 Å². The van der Waals surface area contributed by atoms with Crippen molar-refractivity contribution in [2.24, 2.45) is 5.73 Å². The van der Waals surface area contributed by atoms with E-state index in [1.165, 1.54) is 18.5 Å². The molecule has 0 amide bonds. The smallest absolute Gasteiger partial charge is 0.122 e. The average molecular weight is 234 g/mol. The maximum absolute atomic E-state index is 5.55. The summed E-state index contributed by atoms with van der Waals surface area (Å²) in [6, 6.07) is 8.37. The second kappa shape index (κ2) is 6.03. The monoisotopic (exact) mass is 234 g/mol. The molecule has 0 aliphatic carbocycles. The number of nitrogens with zero attached hydrogens (tertiary/aromatic N) is 1. The van der Waals surface area contributed by atoms with Crippen molar-refractivity contribution in [3.63, 3.8) is 0 Å². The Morgan fingerprint density at radius 1 is 1.41 bits per heavy atom. The molecule has 1 fully saturated rings. The number of hydrogen-bond acceptors (Lipinski definition) is 3. The van der Waals surface area contributed by atoms with Crippen LogP contribution in [-0.4, -0.2) is 38.2 Å². The van der Waals surface area contributed by atoms with E-state index in [9.17, 15) is 0 Å². The normalized spacial score (nSPS) is 20.7. The van der Waals surface area contributed by atoms with Gasteiger partial charge in [0.25, 0.3) is 0 Å². The molecule has 3 heteroatoms. The van der Waals surface area contributed by atoms with Crippen LogP contribution < -0.4 is 10.5 Å². The summed E-state index contributed by atoms with van der Waals surface area (Å²) in [5, 5.41) is 0. The predicted octanol–water partition coefficient (Wildman–Crippen LogP) is 1.83. The van der Waals surface area contributed by atoms with Gasteiger partial charge >= 0.3 is 0 Å². The maximum atomic E-state index is 5.55. The average Bonchev–Trinajstić information content (AvgIpc) is 2.85. The number of methoxy groups -OCH3 is 1. The van der Waals surface area contributed by atoms with Crippen LogP contribution in [0, 0.1) is 0 Å². The van der Waals surface area contributed by atoms with Gasteiger partial charge in [-0.05, 0) is 44.1 Å². The zero-order valence-electron chi connectivity index (χ0n) is 10.6. The van der Waals surface area contributed by atoms with Gasteiger partial charge in [0.05, 0.1) is 7.11 Å². The molecule has 0 radical (unpaired) electrons. The Balaban J connectivity index is 1.99. The first kappa shape index (κ1) is 12.4. The predicted molar refractivity (Wildman–Crippen MR) is 70.5 cm³/mol. The fourth-order valence-corrected chi connectivity index (χ4v) is 2.61. The fraction of sp³-hybridized carbons (Fsp3) is 0.571. The fourth-order valence-electron chi connectivity index (χ4n) is 2.61. The molecule has 0 saturated carbocycles. The van der Waals surface area contributed by atoms with Crippen LogP contribution in [-0.2, 0) is 0 Å². The Morgan fingerprint density at radius 2 is 2.24 bits per heavy atom. The molecule has 1 unspecified atom stereocenters. The van der Waals surface area contributed by atoms with Crippen LogP contribution in [0.15, 0.2) is 24.3 Å². The zero-order chi connectivity index (χ0) is 12.1.